The van der Waals surface area contributed by atoms with Crippen molar-refractivity contribution in [2.45, 2.75) is 6.04 Å². The van der Waals surface area contributed by atoms with E-state index < -0.39 is 0 Å². The Balaban J connectivity index is 2.24. The van der Waals surface area contributed by atoms with Crippen molar-refractivity contribution in [3.05, 3.63) is 34.6 Å². The molecule has 76 valence electrons. The van der Waals surface area contributed by atoms with Crippen LogP contribution in [0.1, 0.15) is 11.6 Å². The molecule has 1 atom stereocenters. The zero-order valence-electron chi connectivity index (χ0n) is 7.59. The molecule has 1 aromatic carbocycles. The lowest BCUT2D eigenvalue weighted by atomic mass is 10.1. The van der Waals surface area contributed by atoms with Crippen LogP contribution in [0, 0.1) is 5.82 Å². The van der Waals surface area contributed by atoms with Crippen molar-refractivity contribution >= 4 is 11.6 Å². The quantitative estimate of drug-likeness (QED) is 0.775. The molecule has 0 amide bonds. The molecule has 0 spiro atoms. The van der Waals surface area contributed by atoms with Gasteiger partial charge in [-0.05, 0) is 18.2 Å². The fourth-order valence-electron chi connectivity index (χ4n) is 1.55. The maximum atomic E-state index is 13.4. The van der Waals surface area contributed by atoms with Crippen LogP contribution in [0.3, 0.4) is 0 Å². The Hall–Kier alpha value is -0.640. The lowest BCUT2D eigenvalue weighted by Crippen LogP contribution is -2.35. The number of hydrogen-bond donors (Lipinski definition) is 1. The lowest BCUT2D eigenvalue weighted by molar-refractivity contribution is 0.0757. The third-order valence-corrected chi connectivity index (χ3v) is 2.49. The topological polar surface area (TPSA) is 21.3 Å². The van der Waals surface area contributed by atoms with E-state index >= 15 is 0 Å². The third kappa shape index (κ3) is 2.05. The summed E-state index contributed by atoms with van der Waals surface area (Å²) in [6.45, 7) is 1.92. The minimum absolute atomic E-state index is 0.0811. The summed E-state index contributed by atoms with van der Waals surface area (Å²) in [4.78, 5) is 0. The van der Waals surface area contributed by atoms with Gasteiger partial charge < -0.3 is 10.1 Å². The van der Waals surface area contributed by atoms with E-state index in [0.29, 0.717) is 23.8 Å². The summed E-state index contributed by atoms with van der Waals surface area (Å²) in [7, 11) is 0. The molecule has 1 aliphatic heterocycles. The third-order valence-electron chi connectivity index (χ3n) is 2.26. The molecule has 0 saturated carbocycles. The van der Waals surface area contributed by atoms with Crippen LogP contribution >= 0.6 is 11.6 Å². The van der Waals surface area contributed by atoms with Gasteiger partial charge in [-0.2, -0.15) is 0 Å². The fraction of sp³-hybridized carbons (Fsp3) is 0.400. The lowest BCUT2D eigenvalue weighted by Gasteiger charge is -2.24. The minimum atomic E-state index is -0.239. The highest BCUT2D eigenvalue weighted by molar-refractivity contribution is 6.30. The van der Waals surface area contributed by atoms with Crippen LogP contribution in [0.15, 0.2) is 18.2 Å². The molecule has 1 saturated heterocycles. The zero-order chi connectivity index (χ0) is 9.97. The second kappa shape index (κ2) is 4.26. The molecule has 1 aromatic rings. The molecule has 2 nitrogen and oxygen atoms in total. The molecule has 0 radical (unpaired) electrons. The predicted octanol–water partition coefficient (Wildman–Crippen LogP) is 2.14. The Morgan fingerprint density at radius 1 is 1.50 bits per heavy atom. The summed E-state index contributed by atoms with van der Waals surface area (Å²) in [6.07, 6.45) is 0. The van der Waals surface area contributed by atoms with Crippen LogP contribution in [-0.4, -0.2) is 19.8 Å². The largest absolute Gasteiger partial charge is 0.378 e. The van der Waals surface area contributed by atoms with Crippen molar-refractivity contribution in [2.75, 3.05) is 19.8 Å². The highest BCUT2D eigenvalue weighted by Gasteiger charge is 2.18. The van der Waals surface area contributed by atoms with Gasteiger partial charge in [0, 0.05) is 17.1 Å². The van der Waals surface area contributed by atoms with Gasteiger partial charge in [0.15, 0.2) is 0 Å². The van der Waals surface area contributed by atoms with Gasteiger partial charge in [0.1, 0.15) is 5.82 Å². The second-order valence-electron chi connectivity index (χ2n) is 3.25. The molecular weight excluding hydrogens is 205 g/mol. The van der Waals surface area contributed by atoms with E-state index in [0.717, 1.165) is 6.54 Å². The van der Waals surface area contributed by atoms with Crippen molar-refractivity contribution in [3.8, 4) is 0 Å². The van der Waals surface area contributed by atoms with Crippen molar-refractivity contribution in [1.82, 2.24) is 5.32 Å². The number of benzene rings is 1. The molecule has 1 heterocycles. The molecule has 0 aromatic heterocycles. The van der Waals surface area contributed by atoms with E-state index in [9.17, 15) is 4.39 Å². The van der Waals surface area contributed by atoms with Crippen LogP contribution < -0.4 is 5.32 Å². The average Bonchev–Trinajstić information content (AvgIpc) is 2.23. The molecule has 14 heavy (non-hydrogen) atoms. The van der Waals surface area contributed by atoms with Crippen molar-refractivity contribution in [3.63, 3.8) is 0 Å². The van der Waals surface area contributed by atoms with Crippen LogP contribution in [0.4, 0.5) is 4.39 Å². The predicted molar refractivity (Wildman–Crippen MR) is 53.0 cm³/mol. The smallest absolute Gasteiger partial charge is 0.128 e. The van der Waals surface area contributed by atoms with E-state index in [1.165, 1.54) is 6.07 Å². The first kappa shape index (κ1) is 9.90. The fourth-order valence-corrected chi connectivity index (χ4v) is 1.73. The maximum Gasteiger partial charge on any atom is 0.128 e. The Morgan fingerprint density at radius 2 is 2.36 bits per heavy atom. The molecule has 0 aliphatic carbocycles. The molecule has 1 fully saturated rings. The van der Waals surface area contributed by atoms with Gasteiger partial charge in [-0.3, -0.25) is 0 Å². The first-order valence-electron chi connectivity index (χ1n) is 4.53. The monoisotopic (exact) mass is 215 g/mol. The highest BCUT2D eigenvalue weighted by atomic mass is 35.5. The Morgan fingerprint density at radius 3 is 3.07 bits per heavy atom. The van der Waals surface area contributed by atoms with E-state index in [1.54, 1.807) is 12.1 Å². The molecule has 1 aliphatic rings. The SMILES string of the molecule is Fc1ccc(Cl)cc1[C@@H]1COCCN1. The number of halogens is 2. The summed E-state index contributed by atoms with van der Waals surface area (Å²) in [5.41, 5.74) is 0.581. The van der Waals surface area contributed by atoms with Gasteiger partial charge in [-0.25, -0.2) is 4.39 Å². The zero-order valence-corrected chi connectivity index (χ0v) is 8.35. The standard InChI is InChI=1S/C10H11ClFNO/c11-7-1-2-9(12)8(5-7)10-6-14-4-3-13-10/h1-2,5,10,13H,3-4,6H2/t10-/m0/s1. The van der Waals surface area contributed by atoms with Crippen molar-refractivity contribution < 1.29 is 9.13 Å². The van der Waals surface area contributed by atoms with Crippen molar-refractivity contribution in [1.29, 1.82) is 0 Å². The van der Waals surface area contributed by atoms with Gasteiger partial charge in [0.05, 0.1) is 19.3 Å². The molecule has 1 N–H and O–H groups in total. The normalized spacial score (nSPS) is 22.3. The summed E-state index contributed by atoms with van der Waals surface area (Å²) in [5, 5.41) is 3.73. The minimum Gasteiger partial charge on any atom is -0.378 e. The first-order chi connectivity index (χ1) is 6.77. The maximum absolute atomic E-state index is 13.4. The van der Waals surface area contributed by atoms with Gasteiger partial charge in [0.2, 0.25) is 0 Å². The number of morpholine rings is 1. The summed E-state index contributed by atoms with van der Waals surface area (Å²) < 4.78 is 18.7. The Kier molecular flexibility index (Phi) is 3.01. The Bertz CT molecular complexity index is 326. The summed E-state index contributed by atoms with van der Waals surface area (Å²) >= 11 is 5.80. The number of nitrogens with one attached hydrogen (secondary N) is 1. The van der Waals surface area contributed by atoms with Gasteiger partial charge in [-0.1, -0.05) is 11.6 Å². The number of rotatable bonds is 1. The van der Waals surface area contributed by atoms with Gasteiger partial charge in [0.25, 0.3) is 0 Å². The van der Waals surface area contributed by atoms with Crippen molar-refractivity contribution in [2.24, 2.45) is 0 Å². The Labute approximate surface area is 87.0 Å². The van der Waals surface area contributed by atoms with Crippen LogP contribution in [0.2, 0.25) is 5.02 Å². The average molecular weight is 216 g/mol. The first-order valence-corrected chi connectivity index (χ1v) is 4.91. The highest BCUT2D eigenvalue weighted by Crippen LogP contribution is 2.22. The molecule has 2 rings (SSSR count). The number of ether oxygens (including phenoxy) is 1. The van der Waals surface area contributed by atoms with E-state index in [1.807, 2.05) is 0 Å². The second-order valence-corrected chi connectivity index (χ2v) is 3.68. The van der Waals surface area contributed by atoms with Crippen LogP contribution in [0.25, 0.3) is 0 Å². The van der Waals surface area contributed by atoms with Crippen LogP contribution in [0.5, 0.6) is 0 Å². The van der Waals surface area contributed by atoms with E-state index in [2.05, 4.69) is 5.32 Å². The molecule has 0 bridgehead atoms. The molecule has 4 heteroatoms. The van der Waals surface area contributed by atoms with Crippen LogP contribution in [-0.2, 0) is 4.74 Å². The van der Waals surface area contributed by atoms with Gasteiger partial charge >= 0.3 is 0 Å². The van der Waals surface area contributed by atoms with Gasteiger partial charge in [-0.15, -0.1) is 0 Å². The van der Waals surface area contributed by atoms with E-state index in [-0.39, 0.29) is 11.9 Å². The molecule has 0 unspecified atom stereocenters. The van der Waals surface area contributed by atoms with E-state index in [4.69, 9.17) is 16.3 Å². The number of hydrogen-bond acceptors (Lipinski definition) is 2. The molecular formula is C10H11ClFNO. The summed E-state index contributed by atoms with van der Waals surface area (Å²) in [5.74, 6) is -0.239. The summed E-state index contributed by atoms with van der Waals surface area (Å²) in [6, 6.07) is 4.49.